The van der Waals surface area contributed by atoms with Crippen LogP contribution in [0.5, 0.6) is 0 Å². The lowest BCUT2D eigenvalue weighted by atomic mass is 10.0. The predicted molar refractivity (Wildman–Crippen MR) is 155 cm³/mol. The van der Waals surface area contributed by atoms with Crippen LogP contribution in [0.25, 0.3) is 34.4 Å². The maximum Gasteiger partial charge on any atom is 0.192 e. The molecular weight excluding hydrogens is 440 g/mol. The van der Waals surface area contributed by atoms with E-state index in [0.717, 1.165) is 0 Å². The lowest BCUT2D eigenvalue weighted by Crippen LogP contribution is -2.40. The highest BCUT2D eigenvalue weighted by atomic mass is 28.4. The van der Waals surface area contributed by atoms with Crippen LogP contribution < -0.4 is 0 Å². The van der Waals surface area contributed by atoms with Crippen LogP contribution in [-0.2, 0) is 11.0 Å². The van der Waals surface area contributed by atoms with Crippen LogP contribution in [0.2, 0.25) is 18.1 Å². The van der Waals surface area contributed by atoms with E-state index in [1.807, 2.05) is 6.07 Å². The summed E-state index contributed by atoms with van der Waals surface area (Å²) in [6.07, 6.45) is 4.34. The van der Waals surface area contributed by atoms with E-state index >= 15 is 0 Å². The minimum absolute atomic E-state index is 0.231. The summed E-state index contributed by atoms with van der Waals surface area (Å²) in [5.74, 6) is 0. The zero-order valence-corrected chi connectivity index (χ0v) is 22.6. The molecule has 0 fully saturated rings. The third-order valence-corrected chi connectivity index (χ3v) is 11.6. The Morgan fingerprint density at radius 1 is 0.571 bits per heavy atom. The average Bonchev–Trinajstić information content (AvgIpc) is 2.87. The van der Waals surface area contributed by atoms with Crippen molar-refractivity contribution in [1.82, 2.24) is 0 Å². The van der Waals surface area contributed by atoms with E-state index in [2.05, 4.69) is 143 Å². The second-order valence-electron chi connectivity index (χ2n) is 10.7. The number of rotatable bonds is 7. The third-order valence-electron chi connectivity index (χ3n) is 7.09. The van der Waals surface area contributed by atoms with Crippen LogP contribution >= 0.6 is 0 Å². The molecule has 0 saturated carbocycles. The standard InChI is InChI=1S/C33H36OSi/c1-33(2,3)35(4,5)34-25-28-17-23-32(24-18-28)31-21-15-27(16-22-31)12-11-26-13-19-30(20-14-26)29-9-7-6-8-10-29/h6-24H,25H2,1-5H3/b12-11+. The molecule has 0 aliphatic heterocycles. The van der Waals surface area contributed by atoms with Crippen molar-refractivity contribution in [2.75, 3.05) is 0 Å². The summed E-state index contributed by atoms with van der Waals surface area (Å²) in [5.41, 5.74) is 8.57. The van der Waals surface area contributed by atoms with Crippen molar-refractivity contribution >= 4 is 20.5 Å². The van der Waals surface area contributed by atoms with E-state index in [1.54, 1.807) is 0 Å². The monoisotopic (exact) mass is 476 g/mol. The molecule has 0 saturated heterocycles. The molecule has 4 aromatic rings. The van der Waals surface area contributed by atoms with E-state index < -0.39 is 8.32 Å². The zero-order chi connectivity index (χ0) is 24.9. The maximum atomic E-state index is 6.36. The average molecular weight is 477 g/mol. The van der Waals surface area contributed by atoms with Gasteiger partial charge >= 0.3 is 0 Å². The van der Waals surface area contributed by atoms with E-state index in [4.69, 9.17) is 4.43 Å². The van der Waals surface area contributed by atoms with Crippen LogP contribution in [0, 0.1) is 0 Å². The van der Waals surface area contributed by atoms with E-state index in [1.165, 1.54) is 38.9 Å². The Labute approximate surface area is 212 Å². The molecule has 1 nitrogen and oxygen atoms in total. The van der Waals surface area contributed by atoms with Gasteiger partial charge in [0, 0.05) is 0 Å². The molecule has 4 aromatic carbocycles. The first-order valence-corrected chi connectivity index (χ1v) is 15.3. The van der Waals surface area contributed by atoms with Crippen molar-refractivity contribution in [2.45, 2.75) is 45.5 Å². The Kier molecular flexibility index (Phi) is 7.54. The molecule has 0 bridgehead atoms. The van der Waals surface area contributed by atoms with Crippen molar-refractivity contribution in [3.05, 3.63) is 120 Å². The van der Waals surface area contributed by atoms with Crippen molar-refractivity contribution < 1.29 is 4.43 Å². The highest BCUT2D eigenvalue weighted by molar-refractivity contribution is 6.74. The largest absolute Gasteiger partial charge is 0.413 e. The molecule has 4 rings (SSSR count). The van der Waals surface area contributed by atoms with Crippen molar-refractivity contribution in [1.29, 1.82) is 0 Å². The Balaban J connectivity index is 1.37. The zero-order valence-electron chi connectivity index (χ0n) is 21.6. The molecule has 0 radical (unpaired) electrons. The third kappa shape index (κ3) is 6.48. The molecule has 0 unspecified atom stereocenters. The van der Waals surface area contributed by atoms with Crippen molar-refractivity contribution in [3.8, 4) is 22.3 Å². The Bertz CT molecular complexity index is 1240. The second kappa shape index (κ2) is 10.6. The van der Waals surface area contributed by atoms with Gasteiger partial charge in [0.15, 0.2) is 8.32 Å². The van der Waals surface area contributed by atoms with E-state index in [0.29, 0.717) is 6.61 Å². The summed E-state index contributed by atoms with van der Waals surface area (Å²) in [4.78, 5) is 0. The summed E-state index contributed by atoms with van der Waals surface area (Å²) in [7, 11) is -1.73. The van der Waals surface area contributed by atoms with Gasteiger partial charge in [-0.3, -0.25) is 0 Å². The van der Waals surface area contributed by atoms with Gasteiger partial charge in [0.25, 0.3) is 0 Å². The topological polar surface area (TPSA) is 9.23 Å². The second-order valence-corrected chi connectivity index (χ2v) is 15.5. The van der Waals surface area contributed by atoms with Gasteiger partial charge in [0.1, 0.15) is 0 Å². The highest BCUT2D eigenvalue weighted by Gasteiger charge is 2.36. The van der Waals surface area contributed by atoms with Crippen molar-refractivity contribution in [2.24, 2.45) is 0 Å². The van der Waals surface area contributed by atoms with E-state index in [-0.39, 0.29) is 5.04 Å². The number of benzene rings is 4. The number of hydrogen-bond donors (Lipinski definition) is 0. The molecule has 0 N–H and O–H groups in total. The van der Waals surface area contributed by atoms with Gasteiger partial charge in [0.05, 0.1) is 6.61 Å². The summed E-state index contributed by atoms with van der Waals surface area (Å²) >= 11 is 0. The van der Waals surface area contributed by atoms with Crippen LogP contribution in [0.4, 0.5) is 0 Å². The molecule has 2 heteroatoms. The first-order chi connectivity index (χ1) is 16.7. The molecule has 0 spiro atoms. The van der Waals surface area contributed by atoms with Gasteiger partial charge in [-0.2, -0.15) is 0 Å². The van der Waals surface area contributed by atoms with Crippen LogP contribution in [0.1, 0.15) is 37.5 Å². The fourth-order valence-corrected chi connectivity index (χ4v) is 4.63. The molecule has 0 aliphatic carbocycles. The molecule has 0 heterocycles. The van der Waals surface area contributed by atoms with Crippen LogP contribution in [-0.4, -0.2) is 8.32 Å². The normalized spacial score (nSPS) is 12.3. The molecule has 0 aliphatic rings. The van der Waals surface area contributed by atoms with Gasteiger partial charge < -0.3 is 4.43 Å². The molecule has 0 aromatic heterocycles. The maximum absolute atomic E-state index is 6.36. The fraction of sp³-hybridized carbons (Fsp3) is 0.212. The van der Waals surface area contributed by atoms with E-state index in [9.17, 15) is 0 Å². The lowest BCUT2D eigenvalue weighted by molar-refractivity contribution is 0.276. The minimum Gasteiger partial charge on any atom is -0.413 e. The summed E-state index contributed by atoms with van der Waals surface area (Å²) in [6, 6.07) is 36.7. The Hall–Kier alpha value is -3.20. The molecule has 0 amide bonds. The summed E-state index contributed by atoms with van der Waals surface area (Å²) < 4.78 is 6.36. The van der Waals surface area contributed by atoms with Crippen molar-refractivity contribution in [3.63, 3.8) is 0 Å². The molecular formula is C33H36OSi. The first-order valence-electron chi connectivity index (χ1n) is 12.4. The smallest absolute Gasteiger partial charge is 0.192 e. The van der Waals surface area contributed by atoms with Crippen LogP contribution in [0.3, 0.4) is 0 Å². The Morgan fingerprint density at radius 2 is 0.971 bits per heavy atom. The number of hydrogen-bond acceptors (Lipinski definition) is 1. The SMILES string of the molecule is CC(C)(C)[Si](C)(C)OCc1ccc(-c2ccc(/C=C/c3ccc(-c4ccccc4)cc3)cc2)cc1. The van der Waals surface area contributed by atoms with Gasteiger partial charge in [0.2, 0.25) is 0 Å². The molecule has 178 valence electrons. The van der Waals surface area contributed by atoms with Gasteiger partial charge in [-0.1, -0.05) is 136 Å². The van der Waals surface area contributed by atoms with Crippen LogP contribution in [0.15, 0.2) is 103 Å². The molecule has 35 heavy (non-hydrogen) atoms. The minimum atomic E-state index is -1.73. The van der Waals surface area contributed by atoms with Gasteiger partial charge in [-0.25, -0.2) is 0 Å². The molecule has 0 atom stereocenters. The summed E-state index contributed by atoms with van der Waals surface area (Å²) in [6.45, 7) is 12.1. The van der Waals surface area contributed by atoms with Gasteiger partial charge in [-0.15, -0.1) is 0 Å². The first kappa shape index (κ1) is 24.9. The quantitative estimate of drug-likeness (QED) is 0.190. The lowest BCUT2D eigenvalue weighted by Gasteiger charge is -2.36. The fourth-order valence-electron chi connectivity index (χ4n) is 3.67. The summed E-state index contributed by atoms with van der Waals surface area (Å²) in [5, 5.41) is 0.231. The highest BCUT2D eigenvalue weighted by Crippen LogP contribution is 2.37. The van der Waals surface area contributed by atoms with Gasteiger partial charge in [-0.05, 0) is 57.1 Å². The Morgan fingerprint density at radius 3 is 1.40 bits per heavy atom. The predicted octanol–water partition coefficient (Wildman–Crippen LogP) is 9.71.